The number of nitrogens with zero attached hydrogens (tertiary/aromatic N) is 2. The summed E-state index contributed by atoms with van der Waals surface area (Å²) in [7, 11) is -4.02. The monoisotopic (exact) mass is 295 g/mol. The highest BCUT2D eigenvalue weighted by Gasteiger charge is 2.39. The number of oxazole rings is 1. The fraction of sp³-hybridized carbons (Fsp3) is 0.222. The largest absolute Gasteiger partial charge is 0.451 e. The van der Waals surface area contributed by atoms with E-state index in [9.17, 15) is 21.6 Å². The molecule has 0 aliphatic carbocycles. The summed E-state index contributed by atoms with van der Waals surface area (Å²) < 4.78 is 66.0. The van der Waals surface area contributed by atoms with Gasteiger partial charge in [-0.05, 0) is 12.1 Å². The zero-order valence-corrected chi connectivity index (χ0v) is 10.1. The fourth-order valence-electron chi connectivity index (χ4n) is 1.37. The average molecular weight is 295 g/mol. The molecule has 19 heavy (non-hydrogen) atoms. The van der Waals surface area contributed by atoms with Gasteiger partial charge in [-0.25, -0.2) is 18.2 Å². The third kappa shape index (κ3) is 3.28. The highest BCUT2D eigenvalue weighted by Crippen LogP contribution is 2.32. The number of alkyl halides is 3. The van der Waals surface area contributed by atoms with Gasteiger partial charge in [-0.1, -0.05) is 0 Å². The Hall–Kier alpha value is -1.97. The standard InChI is InChI=1S/C9H8F3N3O3S/c10-9(11,12)8-7(13-6-18-8)5-19(16,17)14-15-3-1-2-4-15/h1-4,6,14H,5H2. The quantitative estimate of drug-likeness (QED) is 0.928. The van der Waals surface area contributed by atoms with Crippen molar-refractivity contribution in [3.8, 4) is 0 Å². The fourth-order valence-corrected chi connectivity index (χ4v) is 2.44. The predicted molar refractivity (Wildman–Crippen MR) is 57.9 cm³/mol. The van der Waals surface area contributed by atoms with Gasteiger partial charge in [-0.15, -0.1) is 0 Å². The molecule has 0 fully saturated rings. The lowest BCUT2D eigenvalue weighted by Crippen LogP contribution is -2.24. The Morgan fingerprint density at radius 2 is 1.95 bits per heavy atom. The van der Waals surface area contributed by atoms with E-state index in [1.54, 1.807) is 12.1 Å². The van der Waals surface area contributed by atoms with E-state index in [-0.39, 0.29) is 0 Å². The first-order valence-corrected chi connectivity index (χ1v) is 6.56. The Morgan fingerprint density at radius 3 is 2.53 bits per heavy atom. The molecular weight excluding hydrogens is 287 g/mol. The molecule has 2 rings (SSSR count). The SMILES string of the molecule is O=S(=O)(Cc1ncoc1C(F)(F)F)Nn1cccc1. The maximum atomic E-state index is 12.5. The Kier molecular flexibility index (Phi) is 3.27. The van der Waals surface area contributed by atoms with Crippen LogP contribution in [-0.4, -0.2) is 18.1 Å². The third-order valence-corrected chi connectivity index (χ3v) is 3.22. The maximum absolute atomic E-state index is 12.5. The van der Waals surface area contributed by atoms with E-state index in [2.05, 4.69) is 14.2 Å². The molecule has 2 aromatic rings. The van der Waals surface area contributed by atoms with Crippen LogP contribution in [0.2, 0.25) is 0 Å². The smallest absolute Gasteiger partial charge is 0.439 e. The number of halogens is 3. The van der Waals surface area contributed by atoms with Gasteiger partial charge in [-0.2, -0.15) is 13.2 Å². The number of nitrogens with one attached hydrogen (secondary N) is 1. The Morgan fingerprint density at radius 1 is 1.32 bits per heavy atom. The summed E-state index contributed by atoms with van der Waals surface area (Å²) in [4.78, 5) is 5.34. The van der Waals surface area contributed by atoms with Crippen LogP contribution in [0.4, 0.5) is 13.2 Å². The second-order valence-corrected chi connectivity index (χ2v) is 5.27. The van der Waals surface area contributed by atoms with Crippen LogP contribution in [0.5, 0.6) is 0 Å². The van der Waals surface area contributed by atoms with Crippen LogP contribution in [0.25, 0.3) is 0 Å². The molecule has 2 aromatic heterocycles. The van der Waals surface area contributed by atoms with Crippen molar-refractivity contribution in [2.75, 3.05) is 4.83 Å². The van der Waals surface area contributed by atoms with Crippen molar-refractivity contribution in [1.29, 1.82) is 0 Å². The summed E-state index contributed by atoms with van der Waals surface area (Å²) in [6.45, 7) is 0. The van der Waals surface area contributed by atoms with Gasteiger partial charge in [0.2, 0.25) is 5.76 Å². The van der Waals surface area contributed by atoms with E-state index in [4.69, 9.17) is 0 Å². The van der Waals surface area contributed by atoms with Crippen LogP contribution in [0.15, 0.2) is 35.3 Å². The van der Waals surface area contributed by atoms with Gasteiger partial charge < -0.3 is 4.42 Å². The molecule has 1 N–H and O–H groups in total. The summed E-state index contributed by atoms with van der Waals surface area (Å²) in [5.41, 5.74) is -0.688. The first-order valence-electron chi connectivity index (χ1n) is 4.91. The Labute approximate surface area is 105 Å². The highest BCUT2D eigenvalue weighted by atomic mass is 32.2. The molecule has 104 valence electrons. The molecule has 0 spiro atoms. The molecule has 0 aliphatic heterocycles. The molecule has 0 unspecified atom stereocenters. The lowest BCUT2D eigenvalue weighted by Gasteiger charge is -2.09. The lowest BCUT2D eigenvalue weighted by molar-refractivity contribution is -0.153. The first-order chi connectivity index (χ1) is 8.78. The second-order valence-electron chi connectivity index (χ2n) is 3.57. The Bertz CT molecular complexity index is 646. The van der Waals surface area contributed by atoms with E-state index in [0.717, 1.165) is 4.68 Å². The highest BCUT2D eigenvalue weighted by molar-refractivity contribution is 7.91. The molecule has 0 atom stereocenters. The number of hydrogen-bond acceptors (Lipinski definition) is 4. The molecular formula is C9H8F3N3O3S. The van der Waals surface area contributed by atoms with Crippen molar-refractivity contribution in [1.82, 2.24) is 9.66 Å². The van der Waals surface area contributed by atoms with E-state index < -0.39 is 33.4 Å². The summed E-state index contributed by atoms with van der Waals surface area (Å²) in [5.74, 6) is -2.35. The molecule has 2 heterocycles. The van der Waals surface area contributed by atoms with Crippen LogP contribution in [0, 0.1) is 0 Å². The van der Waals surface area contributed by atoms with Gasteiger partial charge in [0.05, 0.1) is 0 Å². The second kappa shape index (κ2) is 4.61. The van der Waals surface area contributed by atoms with Gasteiger partial charge >= 0.3 is 6.18 Å². The van der Waals surface area contributed by atoms with Gasteiger partial charge in [0.1, 0.15) is 11.4 Å². The first kappa shape index (κ1) is 13.5. The van der Waals surface area contributed by atoms with Crippen molar-refractivity contribution in [2.24, 2.45) is 0 Å². The molecule has 0 amide bonds. The van der Waals surface area contributed by atoms with Crippen LogP contribution in [-0.2, 0) is 22.0 Å². The van der Waals surface area contributed by atoms with Crippen LogP contribution >= 0.6 is 0 Å². The van der Waals surface area contributed by atoms with Crippen molar-refractivity contribution in [3.63, 3.8) is 0 Å². The Balaban J connectivity index is 2.19. The normalized spacial score (nSPS) is 12.6. The van der Waals surface area contributed by atoms with Crippen LogP contribution in [0.1, 0.15) is 11.5 Å². The van der Waals surface area contributed by atoms with Crippen molar-refractivity contribution in [3.05, 3.63) is 42.4 Å². The zero-order valence-electron chi connectivity index (χ0n) is 9.26. The minimum Gasteiger partial charge on any atom is -0.439 e. The molecule has 0 saturated carbocycles. The maximum Gasteiger partial charge on any atom is 0.451 e. The average Bonchev–Trinajstić information content (AvgIpc) is 2.86. The molecule has 0 aromatic carbocycles. The van der Waals surface area contributed by atoms with Crippen LogP contribution in [0.3, 0.4) is 0 Å². The lowest BCUT2D eigenvalue weighted by atomic mass is 10.4. The molecule has 0 saturated heterocycles. The van der Waals surface area contributed by atoms with Crippen LogP contribution < -0.4 is 4.83 Å². The third-order valence-electron chi connectivity index (χ3n) is 2.07. The molecule has 0 bridgehead atoms. The van der Waals surface area contributed by atoms with Gasteiger partial charge in [0.15, 0.2) is 6.39 Å². The minimum absolute atomic E-state index is 0.559. The van der Waals surface area contributed by atoms with Crippen molar-refractivity contribution >= 4 is 10.0 Å². The predicted octanol–water partition coefficient (Wildman–Crippen LogP) is 1.57. The number of hydrogen-bond donors (Lipinski definition) is 1. The summed E-state index contributed by atoms with van der Waals surface area (Å²) in [6, 6.07) is 3.11. The van der Waals surface area contributed by atoms with Crippen molar-refractivity contribution in [2.45, 2.75) is 11.9 Å². The van der Waals surface area contributed by atoms with E-state index in [1.165, 1.54) is 12.4 Å². The minimum atomic E-state index is -4.78. The number of sulfonamides is 1. The van der Waals surface area contributed by atoms with Gasteiger partial charge in [-0.3, -0.25) is 4.68 Å². The molecule has 0 aliphatic rings. The van der Waals surface area contributed by atoms with Crippen molar-refractivity contribution < 1.29 is 26.0 Å². The summed E-state index contributed by atoms with van der Waals surface area (Å²) >= 11 is 0. The zero-order chi connectivity index (χ0) is 14.1. The van der Waals surface area contributed by atoms with Gasteiger partial charge in [0.25, 0.3) is 10.0 Å². The van der Waals surface area contributed by atoms with E-state index in [1.807, 2.05) is 0 Å². The molecule has 10 heteroatoms. The summed E-state index contributed by atoms with van der Waals surface area (Å²) in [5, 5.41) is 0. The molecule has 0 radical (unpaired) electrons. The van der Waals surface area contributed by atoms with E-state index >= 15 is 0 Å². The number of rotatable bonds is 4. The van der Waals surface area contributed by atoms with Gasteiger partial charge in [0, 0.05) is 12.4 Å². The molecule has 6 nitrogen and oxygen atoms in total. The van der Waals surface area contributed by atoms with E-state index in [0.29, 0.717) is 6.39 Å². The topological polar surface area (TPSA) is 77.1 Å². The summed E-state index contributed by atoms with van der Waals surface area (Å²) in [6.07, 6.45) is -1.44. The number of aromatic nitrogens is 2.